The number of sulfonamides is 1. The first-order chi connectivity index (χ1) is 12.9. The number of carbonyl (C=O) groups excluding carboxylic acids is 2. The zero-order valence-corrected chi connectivity index (χ0v) is 16.1. The van der Waals surface area contributed by atoms with Gasteiger partial charge in [-0.3, -0.25) is 9.59 Å². The average molecular weight is 392 g/mol. The summed E-state index contributed by atoms with van der Waals surface area (Å²) in [5.41, 5.74) is 0.807. The van der Waals surface area contributed by atoms with Crippen LogP contribution in [0.2, 0.25) is 0 Å². The Morgan fingerprint density at radius 1 is 1.15 bits per heavy atom. The van der Waals surface area contributed by atoms with Gasteiger partial charge in [0.25, 0.3) is 5.91 Å². The number of esters is 1. The van der Waals surface area contributed by atoms with E-state index in [-0.39, 0.29) is 50.6 Å². The molecule has 2 aliphatic rings. The molecule has 1 heterocycles. The Labute approximate surface area is 159 Å². The third kappa shape index (κ3) is 5.17. The number of nitrogens with zero attached hydrogens (tertiary/aromatic N) is 2. The van der Waals surface area contributed by atoms with Crippen LogP contribution < -0.4 is 0 Å². The molecule has 0 N–H and O–H groups in total. The molecule has 1 saturated carbocycles. The predicted molar refractivity (Wildman–Crippen MR) is 101 cm³/mol. The molecule has 8 heteroatoms. The standard InChI is InChI=1S/C19H24N2O5S/c1-15-13-17(15)19(23)26-14-18(22)20-8-10-21(11-9-20)27(24,25)12-7-16-5-3-2-4-6-16/h2-7,12,15,17H,8-11,13-14H2,1H3/b12-7+/t15-,17-/m1/s1. The number of hydrogen-bond acceptors (Lipinski definition) is 5. The van der Waals surface area contributed by atoms with Crippen LogP contribution in [0.1, 0.15) is 18.9 Å². The summed E-state index contributed by atoms with van der Waals surface area (Å²) in [7, 11) is -3.54. The zero-order chi connectivity index (χ0) is 19.4. The highest BCUT2D eigenvalue weighted by Gasteiger charge is 2.41. The molecule has 0 bridgehead atoms. The molecule has 7 nitrogen and oxygen atoms in total. The van der Waals surface area contributed by atoms with Crippen molar-refractivity contribution in [1.82, 2.24) is 9.21 Å². The molecule has 3 rings (SSSR count). The van der Waals surface area contributed by atoms with Gasteiger partial charge >= 0.3 is 5.97 Å². The third-order valence-corrected chi connectivity index (χ3v) is 6.50. The molecule has 1 aromatic rings. The summed E-state index contributed by atoms with van der Waals surface area (Å²) in [4.78, 5) is 25.4. The van der Waals surface area contributed by atoms with Crippen molar-refractivity contribution in [2.24, 2.45) is 11.8 Å². The number of hydrogen-bond donors (Lipinski definition) is 0. The van der Waals surface area contributed by atoms with Crippen LogP contribution in [0, 0.1) is 11.8 Å². The van der Waals surface area contributed by atoms with Gasteiger partial charge in [-0.15, -0.1) is 0 Å². The van der Waals surface area contributed by atoms with Crippen LogP contribution in [0.5, 0.6) is 0 Å². The van der Waals surface area contributed by atoms with Gasteiger partial charge in [-0.25, -0.2) is 8.42 Å². The second kappa shape index (κ2) is 8.22. The quantitative estimate of drug-likeness (QED) is 0.682. The maximum absolute atomic E-state index is 12.4. The number of rotatable bonds is 6. The fourth-order valence-corrected chi connectivity index (χ4v) is 4.16. The maximum atomic E-state index is 12.4. The Bertz CT molecular complexity index is 814. The minimum Gasteiger partial charge on any atom is -0.455 e. The van der Waals surface area contributed by atoms with Crippen molar-refractivity contribution in [1.29, 1.82) is 0 Å². The van der Waals surface area contributed by atoms with Crippen LogP contribution in [0.25, 0.3) is 6.08 Å². The summed E-state index contributed by atoms with van der Waals surface area (Å²) in [5.74, 6) is -0.335. The van der Waals surface area contributed by atoms with Gasteiger partial charge in [0.05, 0.1) is 5.92 Å². The molecule has 1 saturated heterocycles. The van der Waals surface area contributed by atoms with E-state index in [0.29, 0.717) is 5.92 Å². The summed E-state index contributed by atoms with van der Waals surface area (Å²) in [6.45, 7) is 2.72. The van der Waals surface area contributed by atoms with Crippen molar-refractivity contribution in [3.8, 4) is 0 Å². The molecular formula is C19H24N2O5S. The SMILES string of the molecule is C[C@@H]1C[C@H]1C(=O)OCC(=O)N1CCN(S(=O)(=O)/C=C/c2ccccc2)CC1. The van der Waals surface area contributed by atoms with E-state index >= 15 is 0 Å². The lowest BCUT2D eigenvalue weighted by molar-refractivity contribution is -0.153. The van der Waals surface area contributed by atoms with Gasteiger partial charge in [-0.05, 0) is 24.0 Å². The van der Waals surface area contributed by atoms with Gasteiger partial charge in [0, 0.05) is 31.6 Å². The molecule has 2 atom stereocenters. The summed E-state index contributed by atoms with van der Waals surface area (Å²) >= 11 is 0. The molecule has 0 unspecified atom stereocenters. The van der Waals surface area contributed by atoms with E-state index in [2.05, 4.69) is 0 Å². The fourth-order valence-electron chi connectivity index (χ4n) is 2.99. The molecule has 1 aromatic carbocycles. The molecule has 27 heavy (non-hydrogen) atoms. The van der Waals surface area contributed by atoms with E-state index in [9.17, 15) is 18.0 Å². The van der Waals surface area contributed by atoms with Gasteiger partial charge in [-0.2, -0.15) is 4.31 Å². The van der Waals surface area contributed by atoms with Crippen LogP contribution in [0.15, 0.2) is 35.7 Å². The first kappa shape index (κ1) is 19.6. The van der Waals surface area contributed by atoms with E-state index in [4.69, 9.17) is 4.74 Å². The number of amides is 1. The Morgan fingerprint density at radius 2 is 1.78 bits per heavy atom. The molecular weight excluding hydrogens is 368 g/mol. The normalized spacial score (nSPS) is 23.4. The second-order valence-electron chi connectivity index (χ2n) is 6.97. The van der Waals surface area contributed by atoms with Crippen LogP contribution >= 0.6 is 0 Å². The minimum absolute atomic E-state index is 0.0730. The fraction of sp³-hybridized carbons (Fsp3) is 0.474. The Hall–Kier alpha value is -2.19. The molecule has 1 amide bonds. The zero-order valence-electron chi connectivity index (χ0n) is 15.3. The lowest BCUT2D eigenvalue weighted by Crippen LogP contribution is -2.51. The monoisotopic (exact) mass is 392 g/mol. The topological polar surface area (TPSA) is 84.0 Å². The van der Waals surface area contributed by atoms with Crippen molar-refractivity contribution < 1.29 is 22.7 Å². The van der Waals surface area contributed by atoms with Gasteiger partial charge < -0.3 is 9.64 Å². The van der Waals surface area contributed by atoms with Gasteiger partial charge in [0.15, 0.2) is 6.61 Å². The van der Waals surface area contributed by atoms with E-state index in [1.54, 1.807) is 6.08 Å². The average Bonchev–Trinajstić information content (AvgIpc) is 3.42. The van der Waals surface area contributed by atoms with Crippen molar-refractivity contribution in [3.05, 3.63) is 41.3 Å². The van der Waals surface area contributed by atoms with Gasteiger partial charge in [0.2, 0.25) is 10.0 Å². The van der Waals surface area contributed by atoms with Crippen molar-refractivity contribution in [3.63, 3.8) is 0 Å². The summed E-state index contributed by atoms with van der Waals surface area (Å²) in [6.07, 6.45) is 2.38. The van der Waals surface area contributed by atoms with Crippen LogP contribution in [0.3, 0.4) is 0 Å². The van der Waals surface area contributed by atoms with Gasteiger partial charge in [-0.1, -0.05) is 37.3 Å². The van der Waals surface area contributed by atoms with Crippen molar-refractivity contribution in [2.75, 3.05) is 32.8 Å². The molecule has 1 aliphatic carbocycles. The van der Waals surface area contributed by atoms with Crippen LogP contribution in [0.4, 0.5) is 0 Å². The van der Waals surface area contributed by atoms with Crippen molar-refractivity contribution in [2.45, 2.75) is 13.3 Å². The molecule has 0 radical (unpaired) electrons. The molecule has 2 fully saturated rings. The molecule has 0 aromatic heterocycles. The summed E-state index contributed by atoms with van der Waals surface area (Å²) in [5, 5.41) is 1.19. The number of benzene rings is 1. The maximum Gasteiger partial charge on any atom is 0.309 e. The summed E-state index contributed by atoms with van der Waals surface area (Å²) < 4.78 is 31.3. The summed E-state index contributed by atoms with van der Waals surface area (Å²) in [6, 6.07) is 9.20. The largest absolute Gasteiger partial charge is 0.455 e. The smallest absolute Gasteiger partial charge is 0.309 e. The number of piperazine rings is 1. The van der Waals surface area contributed by atoms with E-state index in [1.807, 2.05) is 37.3 Å². The lowest BCUT2D eigenvalue weighted by Gasteiger charge is -2.33. The highest BCUT2D eigenvalue weighted by Crippen LogP contribution is 2.38. The van der Waals surface area contributed by atoms with E-state index in [0.717, 1.165) is 12.0 Å². The Balaban J connectivity index is 1.47. The van der Waals surface area contributed by atoms with Crippen LogP contribution in [-0.4, -0.2) is 62.3 Å². The lowest BCUT2D eigenvalue weighted by atomic mass is 10.2. The minimum atomic E-state index is -3.54. The molecule has 146 valence electrons. The second-order valence-corrected chi connectivity index (χ2v) is 8.78. The highest BCUT2D eigenvalue weighted by atomic mass is 32.2. The first-order valence-electron chi connectivity index (χ1n) is 9.04. The molecule has 1 aliphatic heterocycles. The molecule has 0 spiro atoms. The predicted octanol–water partition coefficient (Wildman–Crippen LogP) is 1.33. The number of ether oxygens (including phenoxy) is 1. The number of carbonyl (C=O) groups is 2. The Morgan fingerprint density at radius 3 is 2.37 bits per heavy atom. The third-order valence-electron chi connectivity index (χ3n) is 4.93. The first-order valence-corrected chi connectivity index (χ1v) is 10.5. The van der Waals surface area contributed by atoms with E-state index in [1.165, 1.54) is 14.6 Å². The van der Waals surface area contributed by atoms with Crippen LogP contribution in [-0.2, 0) is 24.3 Å². The van der Waals surface area contributed by atoms with Gasteiger partial charge in [0.1, 0.15) is 0 Å². The van der Waals surface area contributed by atoms with Crippen molar-refractivity contribution >= 4 is 28.0 Å². The highest BCUT2D eigenvalue weighted by molar-refractivity contribution is 7.92. The Kier molecular flexibility index (Phi) is 5.96. The van der Waals surface area contributed by atoms with E-state index < -0.39 is 10.0 Å².